The van der Waals surface area contributed by atoms with Crippen LogP contribution >= 0.6 is 23.1 Å². The maximum absolute atomic E-state index is 3.68. The average Bonchev–Trinajstić information content (AvgIpc) is 3.45. The van der Waals surface area contributed by atoms with E-state index in [-0.39, 0.29) is 0 Å². The van der Waals surface area contributed by atoms with Crippen LogP contribution in [0.15, 0.2) is 113 Å². The first kappa shape index (κ1) is 19.0. The van der Waals surface area contributed by atoms with E-state index in [1.807, 2.05) is 23.1 Å². The molecular formula is C28H23NS2. The molecule has 3 aliphatic rings. The summed E-state index contributed by atoms with van der Waals surface area (Å²) < 4.78 is 1.34. The van der Waals surface area contributed by atoms with Crippen LogP contribution in [0, 0.1) is 5.92 Å². The smallest absolute Gasteiger partial charge is 0.0482 e. The molecule has 1 aliphatic heterocycles. The molecule has 0 saturated carbocycles. The lowest BCUT2D eigenvalue weighted by molar-refractivity contribution is 0.801. The lowest BCUT2D eigenvalue weighted by Gasteiger charge is -2.23. The summed E-state index contributed by atoms with van der Waals surface area (Å²) >= 11 is 3.76. The van der Waals surface area contributed by atoms with Gasteiger partial charge in [-0.2, -0.15) is 0 Å². The Morgan fingerprint density at radius 3 is 2.65 bits per heavy atom. The van der Waals surface area contributed by atoms with Crippen molar-refractivity contribution in [3.05, 3.63) is 113 Å². The van der Waals surface area contributed by atoms with Crippen LogP contribution in [0.3, 0.4) is 0 Å². The zero-order valence-electron chi connectivity index (χ0n) is 17.1. The van der Waals surface area contributed by atoms with Crippen LogP contribution in [0.1, 0.15) is 6.42 Å². The molecule has 0 saturated heterocycles. The number of hydrogen-bond donors (Lipinski definition) is 1. The van der Waals surface area contributed by atoms with Crippen molar-refractivity contribution in [2.75, 3.05) is 5.32 Å². The Labute approximate surface area is 191 Å². The van der Waals surface area contributed by atoms with Crippen molar-refractivity contribution >= 4 is 38.9 Å². The number of hydrogen-bond acceptors (Lipinski definition) is 3. The third-order valence-corrected chi connectivity index (χ3v) is 8.38. The van der Waals surface area contributed by atoms with Gasteiger partial charge < -0.3 is 5.32 Å². The Balaban J connectivity index is 1.13. The van der Waals surface area contributed by atoms with Gasteiger partial charge in [0, 0.05) is 38.5 Å². The number of thiophene rings is 1. The molecule has 2 aliphatic carbocycles. The first-order chi connectivity index (χ1) is 15.3. The molecule has 6 rings (SSSR count). The molecule has 0 bridgehead atoms. The van der Waals surface area contributed by atoms with Crippen LogP contribution in [-0.2, 0) is 0 Å². The third-order valence-electron chi connectivity index (χ3n) is 6.26. The van der Waals surface area contributed by atoms with Crippen molar-refractivity contribution < 1.29 is 0 Å². The van der Waals surface area contributed by atoms with Crippen LogP contribution in [0.2, 0.25) is 0 Å². The van der Waals surface area contributed by atoms with E-state index in [4.69, 9.17) is 0 Å². The fraction of sp³-hybridized carbons (Fsp3) is 0.143. The normalized spacial score (nSPS) is 24.2. The summed E-state index contributed by atoms with van der Waals surface area (Å²) in [5, 5.41) is 10.2. The number of thioether (sulfide) groups is 1. The highest BCUT2D eigenvalue weighted by Crippen LogP contribution is 2.43. The van der Waals surface area contributed by atoms with Crippen molar-refractivity contribution in [3.8, 4) is 11.1 Å². The quantitative estimate of drug-likeness (QED) is 0.444. The molecule has 3 unspecified atom stereocenters. The SMILES string of the molecule is C1=CC2SC=C(C3=CCC(Nc4ccc(-c5csc6ccccc56)cc4)C=C3)C2C=C1. The molecule has 1 nitrogen and oxygen atoms in total. The fourth-order valence-electron chi connectivity index (χ4n) is 4.59. The van der Waals surface area contributed by atoms with Gasteiger partial charge in [-0.05, 0) is 52.1 Å². The van der Waals surface area contributed by atoms with Crippen molar-refractivity contribution in [3.63, 3.8) is 0 Å². The average molecular weight is 438 g/mol. The van der Waals surface area contributed by atoms with Gasteiger partial charge >= 0.3 is 0 Å². The molecule has 31 heavy (non-hydrogen) atoms. The van der Waals surface area contributed by atoms with E-state index in [1.54, 1.807) is 0 Å². The predicted molar refractivity (Wildman–Crippen MR) is 138 cm³/mol. The number of fused-ring (bicyclic) bond motifs is 2. The Bertz CT molecular complexity index is 1270. The molecular weight excluding hydrogens is 414 g/mol. The fourth-order valence-corrected chi connectivity index (χ4v) is 6.75. The molecule has 3 atom stereocenters. The highest BCUT2D eigenvalue weighted by molar-refractivity contribution is 8.03. The van der Waals surface area contributed by atoms with Gasteiger partial charge in [0.25, 0.3) is 0 Å². The molecule has 2 aromatic carbocycles. The minimum Gasteiger partial charge on any atom is -0.379 e. The lowest BCUT2D eigenvalue weighted by Crippen LogP contribution is -2.19. The minimum absolute atomic E-state index is 0.337. The first-order valence-electron chi connectivity index (χ1n) is 10.8. The number of allylic oxidation sites excluding steroid dienone is 6. The highest BCUT2D eigenvalue weighted by Gasteiger charge is 2.29. The van der Waals surface area contributed by atoms with E-state index < -0.39 is 0 Å². The van der Waals surface area contributed by atoms with Crippen molar-refractivity contribution in [2.45, 2.75) is 17.7 Å². The molecule has 1 N–H and O–H groups in total. The highest BCUT2D eigenvalue weighted by atomic mass is 32.2. The van der Waals surface area contributed by atoms with Crippen molar-refractivity contribution in [2.24, 2.45) is 5.92 Å². The van der Waals surface area contributed by atoms with Crippen molar-refractivity contribution in [1.29, 1.82) is 0 Å². The number of rotatable bonds is 4. The van der Waals surface area contributed by atoms with Crippen LogP contribution in [0.25, 0.3) is 21.2 Å². The third kappa shape index (κ3) is 3.62. The molecule has 152 valence electrons. The Morgan fingerprint density at radius 1 is 0.903 bits per heavy atom. The summed E-state index contributed by atoms with van der Waals surface area (Å²) in [4.78, 5) is 0. The number of benzene rings is 2. The van der Waals surface area contributed by atoms with Gasteiger partial charge in [-0.15, -0.1) is 23.1 Å². The van der Waals surface area contributed by atoms with E-state index in [2.05, 4.69) is 107 Å². The second kappa shape index (κ2) is 8.07. The molecule has 0 amide bonds. The Morgan fingerprint density at radius 2 is 1.77 bits per heavy atom. The maximum Gasteiger partial charge on any atom is 0.0482 e. The molecule has 3 aromatic rings. The maximum atomic E-state index is 3.68. The monoisotopic (exact) mass is 437 g/mol. The van der Waals surface area contributed by atoms with E-state index >= 15 is 0 Å². The van der Waals surface area contributed by atoms with Crippen LogP contribution in [0.4, 0.5) is 5.69 Å². The number of nitrogens with one attached hydrogen (secondary N) is 1. The van der Waals surface area contributed by atoms with E-state index in [9.17, 15) is 0 Å². The van der Waals surface area contributed by atoms with Crippen LogP contribution in [-0.4, -0.2) is 11.3 Å². The van der Waals surface area contributed by atoms with Crippen molar-refractivity contribution in [1.82, 2.24) is 0 Å². The minimum atomic E-state index is 0.337. The summed E-state index contributed by atoms with van der Waals surface area (Å²) in [6.45, 7) is 0. The molecule has 0 spiro atoms. The molecule has 2 heterocycles. The van der Waals surface area contributed by atoms with Gasteiger partial charge in [-0.1, -0.05) is 72.9 Å². The molecule has 0 fully saturated rings. The zero-order valence-corrected chi connectivity index (χ0v) is 18.7. The Hall–Kier alpha value is -2.75. The van der Waals surface area contributed by atoms with Crippen LogP contribution in [0.5, 0.6) is 0 Å². The summed E-state index contributed by atoms with van der Waals surface area (Å²) in [7, 11) is 0. The summed E-state index contributed by atoms with van der Waals surface area (Å²) in [6.07, 6.45) is 17.0. The largest absolute Gasteiger partial charge is 0.379 e. The Kier molecular flexibility index (Phi) is 4.94. The van der Waals surface area contributed by atoms with E-state index in [1.165, 1.54) is 38.0 Å². The molecule has 0 radical (unpaired) electrons. The summed E-state index contributed by atoms with van der Waals surface area (Å²) in [5.74, 6) is 0.524. The van der Waals surface area contributed by atoms with Gasteiger partial charge in [-0.25, -0.2) is 0 Å². The van der Waals surface area contributed by atoms with Gasteiger partial charge in [0.1, 0.15) is 0 Å². The molecule has 1 aromatic heterocycles. The van der Waals surface area contributed by atoms with Gasteiger partial charge in [-0.3, -0.25) is 0 Å². The first-order valence-corrected chi connectivity index (χ1v) is 12.6. The number of anilines is 1. The second-order valence-electron chi connectivity index (χ2n) is 8.20. The van der Waals surface area contributed by atoms with Gasteiger partial charge in [0.05, 0.1) is 0 Å². The molecule has 3 heteroatoms. The van der Waals surface area contributed by atoms with Gasteiger partial charge in [0.15, 0.2) is 0 Å². The summed E-state index contributed by atoms with van der Waals surface area (Å²) in [6, 6.07) is 17.8. The summed E-state index contributed by atoms with van der Waals surface area (Å²) in [5.41, 5.74) is 6.63. The van der Waals surface area contributed by atoms with Crippen LogP contribution < -0.4 is 5.32 Å². The van der Waals surface area contributed by atoms with E-state index in [0.717, 1.165) is 6.42 Å². The topological polar surface area (TPSA) is 12.0 Å². The second-order valence-corrected chi connectivity index (χ2v) is 10.2. The lowest BCUT2D eigenvalue weighted by atomic mass is 9.86. The van der Waals surface area contributed by atoms with E-state index in [0.29, 0.717) is 17.2 Å². The van der Waals surface area contributed by atoms with Gasteiger partial charge in [0.2, 0.25) is 0 Å². The standard InChI is InChI=1S/C28H23NS2/c1-3-7-27-23(5-1)25(17-30-27)19-9-13-21(14-10-19)29-22-15-11-20(12-16-22)26-18-31-28-8-4-2-6-24(26)28/h1-15,17-18,22,24,28-29H,16H2. The predicted octanol–water partition coefficient (Wildman–Crippen LogP) is 7.98. The zero-order chi connectivity index (χ0) is 20.6.